The number of rotatable bonds is 7. The molecule has 1 N–H and O–H groups in total. The number of aromatic nitrogens is 2. The molecule has 7 heteroatoms. The van der Waals surface area contributed by atoms with Crippen LogP contribution in [0.2, 0.25) is 0 Å². The van der Waals surface area contributed by atoms with E-state index in [1.165, 1.54) is 18.3 Å². The van der Waals surface area contributed by atoms with E-state index in [2.05, 4.69) is 32.3 Å². The van der Waals surface area contributed by atoms with Crippen LogP contribution < -0.4 is 5.32 Å². The van der Waals surface area contributed by atoms with E-state index in [-0.39, 0.29) is 23.8 Å². The second-order valence-corrected chi connectivity index (χ2v) is 10.3. The summed E-state index contributed by atoms with van der Waals surface area (Å²) in [4.78, 5) is 38.8. The maximum Gasteiger partial charge on any atom is 0.257 e. The van der Waals surface area contributed by atoms with Crippen molar-refractivity contribution in [1.29, 1.82) is 0 Å². The molecule has 0 bridgehead atoms. The van der Waals surface area contributed by atoms with Crippen LogP contribution in [0.15, 0.2) is 36.7 Å². The Bertz CT molecular complexity index is 1000. The number of fused-ring (bicyclic) bond motifs is 1. The summed E-state index contributed by atoms with van der Waals surface area (Å²) in [7, 11) is 0. The summed E-state index contributed by atoms with van der Waals surface area (Å²) >= 11 is 0. The van der Waals surface area contributed by atoms with Crippen molar-refractivity contribution in [3.05, 3.63) is 59.2 Å². The van der Waals surface area contributed by atoms with Gasteiger partial charge in [-0.15, -0.1) is 0 Å². The van der Waals surface area contributed by atoms with Gasteiger partial charge in [-0.25, -0.2) is 9.97 Å². The number of amides is 2. The Labute approximate surface area is 202 Å². The summed E-state index contributed by atoms with van der Waals surface area (Å²) in [6, 6.07) is 10.4. The minimum atomic E-state index is 0.0526. The third-order valence-electron chi connectivity index (χ3n) is 8.02. The molecule has 2 unspecified atom stereocenters. The maximum atomic E-state index is 13.2. The van der Waals surface area contributed by atoms with Crippen molar-refractivity contribution in [1.82, 2.24) is 25.1 Å². The van der Waals surface area contributed by atoms with Crippen LogP contribution in [0.5, 0.6) is 0 Å². The summed E-state index contributed by atoms with van der Waals surface area (Å²) < 4.78 is 0. The summed E-state index contributed by atoms with van der Waals surface area (Å²) in [5.74, 6) is 1.49. The first-order valence-electron chi connectivity index (χ1n) is 12.6. The minimum absolute atomic E-state index is 0.0526. The molecule has 3 atom stereocenters. The topological polar surface area (TPSA) is 78.4 Å². The zero-order valence-corrected chi connectivity index (χ0v) is 20.2. The van der Waals surface area contributed by atoms with Gasteiger partial charge in [0.2, 0.25) is 5.91 Å². The first-order valence-corrected chi connectivity index (χ1v) is 12.6. The number of likely N-dealkylation sites (tertiary alicyclic amines) is 2. The molecule has 2 aliphatic heterocycles. The molecule has 1 saturated carbocycles. The largest absolute Gasteiger partial charge is 0.349 e. The fraction of sp³-hybridized carbons (Fsp3) is 0.556. The molecular formula is C27H35N5O2. The molecule has 3 heterocycles. The lowest BCUT2D eigenvalue weighted by molar-refractivity contribution is -0.128. The van der Waals surface area contributed by atoms with E-state index >= 15 is 0 Å². The number of aryl methyl sites for hydroxylation is 2. The molecule has 1 aromatic heterocycles. The van der Waals surface area contributed by atoms with Gasteiger partial charge in [-0.2, -0.15) is 0 Å². The molecule has 180 valence electrons. The lowest BCUT2D eigenvalue weighted by atomic mass is 9.84. The van der Waals surface area contributed by atoms with Crippen LogP contribution in [0.1, 0.15) is 59.0 Å². The van der Waals surface area contributed by atoms with E-state index < -0.39 is 0 Å². The van der Waals surface area contributed by atoms with Crippen LogP contribution in [0.25, 0.3) is 0 Å². The molecule has 2 aromatic rings. The van der Waals surface area contributed by atoms with Crippen LogP contribution in [0.3, 0.4) is 0 Å². The van der Waals surface area contributed by atoms with Gasteiger partial charge in [-0.05, 0) is 50.5 Å². The van der Waals surface area contributed by atoms with Crippen molar-refractivity contribution in [3.8, 4) is 0 Å². The average Bonchev–Trinajstić information content (AvgIpc) is 3.35. The van der Waals surface area contributed by atoms with Crippen molar-refractivity contribution in [2.45, 2.75) is 45.6 Å². The predicted molar refractivity (Wildman–Crippen MR) is 130 cm³/mol. The first kappa shape index (κ1) is 23.0. The molecular weight excluding hydrogens is 426 g/mol. The van der Waals surface area contributed by atoms with Gasteiger partial charge in [0, 0.05) is 38.6 Å². The fourth-order valence-corrected chi connectivity index (χ4v) is 5.78. The Morgan fingerprint density at radius 2 is 1.65 bits per heavy atom. The number of hydrogen-bond acceptors (Lipinski definition) is 5. The maximum absolute atomic E-state index is 13.2. The van der Waals surface area contributed by atoms with Gasteiger partial charge in [-0.1, -0.05) is 36.8 Å². The lowest BCUT2D eigenvalue weighted by Gasteiger charge is -2.29. The van der Waals surface area contributed by atoms with Crippen LogP contribution >= 0.6 is 0 Å². The Morgan fingerprint density at radius 3 is 2.24 bits per heavy atom. The van der Waals surface area contributed by atoms with E-state index in [1.807, 2.05) is 36.9 Å². The molecule has 0 spiro atoms. The van der Waals surface area contributed by atoms with Gasteiger partial charge in [-0.3, -0.25) is 9.59 Å². The number of hydrogen-bond donors (Lipinski definition) is 1. The zero-order chi connectivity index (χ0) is 23.7. The van der Waals surface area contributed by atoms with E-state index in [4.69, 9.17) is 0 Å². The smallest absolute Gasteiger partial charge is 0.257 e. The SMILES string of the molecule is Cc1ncnc(C)c1C(=O)N1CC2CN(CCC(NC(=O)C3CCC3)c3ccccc3)C[C@H]2C1. The highest BCUT2D eigenvalue weighted by Gasteiger charge is 2.42. The Hall–Kier alpha value is -2.80. The highest BCUT2D eigenvalue weighted by atomic mass is 16.2. The Balaban J connectivity index is 1.17. The number of benzene rings is 1. The van der Waals surface area contributed by atoms with Crippen LogP contribution in [0.4, 0.5) is 0 Å². The highest BCUT2D eigenvalue weighted by molar-refractivity contribution is 5.96. The van der Waals surface area contributed by atoms with Gasteiger partial charge < -0.3 is 15.1 Å². The molecule has 7 nitrogen and oxygen atoms in total. The summed E-state index contributed by atoms with van der Waals surface area (Å²) in [6.07, 6.45) is 5.64. The van der Waals surface area contributed by atoms with E-state index in [1.54, 1.807) is 0 Å². The first-order chi connectivity index (χ1) is 16.5. The van der Waals surface area contributed by atoms with Gasteiger partial charge in [0.05, 0.1) is 23.0 Å². The second-order valence-electron chi connectivity index (χ2n) is 10.3. The van der Waals surface area contributed by atoms with Gasteiger partial charge >= 0.3 is 0 Å². The zero-order valence-electron chi connectivity index (χ0n) is 20.2. The number of nitrogens with one attached hydrogen (secondary N) is 1. The molecule has 1 aromatic carbocycles. The van der Waals surface area contributed by atoms with Crippen LogP contribution in [-0.2, 0) is 4.79 Å². The standard InChI is InChI=1S/C27H35N5O2/c1-18-25(19(2)29-17-28-18)27(34)32-15-22-13-31(14-23(22)16-32)12-11-24(20-7-4-3-5-8-20)30-26(33)21-9-6-10-21/h3-5,7-8,17,21-24H,6,9-16H2,1-2H3,(H,30,33)/t22-,23?,24?/m0/s1. The van der Waals surface area contributed by atoms with Gasteiger partial charge in [0.1, 0.15) is 6.33 Å². The predicted octanol–water partition coefficient (Wildman–Crippen LogP) is 3.14. The minimum Gasteiger partial charge on any atom is -0.349 e. The highest BCUT2D eigenvalue weighted by Crippen LogP contribution is 2.33. The van der Waals surface area contributed by atoms with Crippen molar-refractivity contribution >= 4 is 11.8 Å². The molecule has 2 amide bonds. The van der Waals surface area contributed by atoms with E-state index in [0.29, 0.717) is 17.4 Å². The average molecular weight is 462 g/mol. The summed E-state index contributed by atoms with van der Waals surface area (Å²) in [5.41, 5.74) is 3.36. The van der Waals surface area contributed by atoms with Crippen LogP contribution in [0, 0.1) is 31.6 Å². The Kier molecular flexibility index (Phi) is 6.63. The van der Waals surface area contributed by atoms with E-state index in [0.717, 1.165) is 63.4 Å². The third kappa shape index (κ3) is 4.71. The van der Waals surface area contributed by atoms with Crippen molar-refractivity contribution in [2.75, 3.05) is 32.7 Å². The van der Waals surface area contributed by atoms with Crippen molar-refractivity contribution < 1.29 is 9.59 Å². The molecule has 1 aliphatic carbocycles. The lowest BCUT2D eigenvalue weighted by Crippen LogP contribution is -2.39. The summed E-state index contributed by atoms with van der Waals surface area (Å²) in [5, 5.41) is 3.33. The number of nitrogens with zero attached hydrogens (tertiary/aromatic N) is 4. The normalized spacial score (nSPS) is 23.4. The molecule has 0 radical (unpaired) electrons. The van der Waals surface area contributed by atoms with Crippen LogP contribution in [-0.4, -0.2) is 64.3 Å². The van der Waals surface area contributed by atoms with Gasteiger partial charge in [0.25, 0.3) is 5.91 Å². The van der Waals surface area contributed by atoms with Gasteiger partial charge in [0.15, 0.2) is 0 Å². The third-order valence-corrected chi connectivity index (χ3v) is 8.02. The molecule has 5 rings (SSSR count). The second kappa shape index (κ2) is 9.82. The summed E-state index contributed by atoms with van der Waals surface area (Å²) in [6.45, 7) is 8.34. The fourth-order valence-electron chi connectivity index (χ4n) is 5.78. The molecule has 34 heavy (non-hydrogen) atoms. The Morgan fingerprint density at radius 1 is 1.00 bits per heavy atom. The molecule has 2 saturated heterocycles. The number of carbonyl (C=O) groups is 2. The van der Waals surface area contributed by atoms with Crippen molar-refractivity contribution in [3.63, 3.8) is 0 Å². The number of carbonyl (C=O) groups excluding carboxylic acids is 2. The quantitative estimate of drug-likeness (QED) is 0.685. The molecule has 3 fully saturated rings. The van der Waals surface area contributed by atoms with E-state index in [9.17, 15) is 9.59 Å². The molecule has 3 aliphatic rings. The monoisotopic (exact) mass is 461 g/mol. The van der Waals surface area contributed by atoms with Crippen molar-refractivity contribution in [2.24, 2.45) is 17.8 Å².